The highest BCUT2D eigenvalue weighted by Crippen LogP contribution is 2.32. The second kappa shape index (κ2) is 14.2. The number of fused-ring (bicyclic) bond motifs is 1. The molecule has 250 valence electrons. The number of aromatic nitrogens is 2. The molecule has 1 fully saturated rings. The van der Waals surface area contributed by atoms with Gasteiger partial charge >= 0.3 is 17.8 Å². The number of primary amides is 1. The Bertz CT molecular complexity index is 1800. The Kier molecular flexibility index (Phi) is 10.3. The van der Waals surface area contributed by atoms with Gasteiger partial charge in [0.05, 0.1) is 15.6 Å². The molecule has 0 unspecified atom stereocenters. The van der Waals surface area contributed by atoms with Gasteiger partial charge in [-0.25, -0.2) is 14.4 Å². The molecule has 1 saturated heterocycles. The van der Waals surface area contributed by atoms with Crippen LogP contribution in [0.15, 0.2) is 58.3 Å². The number of rotatable bonds is 9. The molecule has 2 aliphatic rings. The van der Waals surface area contributed by atoms with E-state index in [4.69, 9.17) is 33.7 Å². The van der Waals surface area contributed by atoms with E-state index in [0.29, 0.717) is 50.9 Å². The molecule has 4 amide bonds. The number of amides is 4. The number of nitrogens with two attached hydrogens (primary N) is 1. The summed E-state index contributed by atoms with van der Waals surface area (Å²) in [6, 6.07) is 12.4. The first kappa shape index (κ1) is 34.1. The summed E-state index contributed by atoms with van der Waals surface area (Å²) < 4.78 is 7.41. The zero-order valence-electron chi connectivity index (χ0n) is 26.3. The summed E-state index contributed by atoms with van der Waals surface area (Å²) in [5.41, 5.74) is 5.36. The number of urea groups is 1. The molecular weight excluding hydrogens is 647 g/mol. The number of hydrogen-bond donors (Lipinski definition) is 2. The first-order valence-electron chi connectivity index (χ1n) is 15.5. The fourth-order valence-corrected chi connectivity index (χ4v) is 6.66. The van der Waals surface area contributed by atoms with E-state index in [0.717, 1.165) is 22.2 Å². The van der Waals surface area contributed by atoms with Crippen LogP contribution in [0.25, 0.3) is 11.1 Å². The topological polar surface area (TPSA) is 149 Å². The molecule has 5 rings (SSSR count). The van der Waals surface area contributed by atoms with E-state index in [-0.39, 0.29) is 46.7 Å². The van der Waals surface area contributed by atoms with E-state index in [2.05, 4.69) is 5.32 Å². The number of nitrogens with one attached hydrogen (secondary N) is 1. The number of anilines is 1. The van der Waals surface area contributed by atoms with Crippen LogP contribution < -0.4 is 22.3 Å². The number of hydrogen-bond acceptors (Lipinski definition) is 6. The van der Waals surface area contributed by atoms with Crippen molar-refractivity contribution in [2.75, 3.05) is 25.0 Å². The van der Waals surface area contributed by atoms with Crippen LogP contribution in [0.3, 0.4) is 0 Å². The first-order valence-corrected chi connectivity index (χ1v) is 16.3. The predicted octanol–water partition coefficient (Wildman–Crippen LogP) is 4.72. The third-order valence-electron chi connectivity index (χ3n) is 8.72. The highest BCUT2D eigenvalue weighted by Gasteiger charge is 2.32. The van der Waals surface area contributed by atoms with Crippen LogP contribution in [-0.4, -0.2) is 68.2 Å². The summed E-state index contributed by atoms with van der Waals surface area (Å²) >= 11 is 12.7. The van der Waals surface area contributed by atoms with Gasteiger partial charge in [0.1, 0.15) is 12.1 Å². The number of halogens is 2. The van der Waals surface area contributed by atoms with Gasteiger partial charge in [-0.3, -0.25) is 18.7 Å². The van der Waals surface area contributed by atoms with Crippen LogP contribution in [0.5, 0.6) is 0 Å². The highest BCUT2D eigenvalue weighted by molar-refractivity contribution is 6.43. The minimum absolute atomic E-state index is 0.00338. The summed E-state index contributed by atoms with van der Waals surface area (Å²) in [6.07, 6.45) is 2.98. The Morgan fingerprint density at radius 2 is 1.72 bits per heavy atom. The van der Waals surface area contributed by atoms with Crippen molar-refractivity contribution in [3.63, 3.8) is 0 Å². The Morgan fingerprint density at radius 3 is 2.45 bits per heavy atom. The number of benzene rings is 2. The van der Waals surface area contributed by atoms with Crippen molar-refractivity contribution >= 4 is 46.9 Å². The molecule has 3 aromatic rings. The van der Waals surface area contributed by atoms with Crippen LogP contribution in [0.1, 0.15) is 45.1 Å². The molecule has 14 heteroatoms. The SMILES string of the molecule is CC(C)(CCCn1c(=O)c(-c2cccc(Cl)c2Cl)cn(CC(=O)N2CCC(N3CCc4ccccc4NC3=O)CC2)c1=O)OC(N)=O. The van der Waals surface area contributed by atoms with Crippen molar-refractivity contribution in [1.29, 1.82) is 0 Å². The van der Waals surface area contributed by atoms with Gasteiger partial charge in [0, 0.05) is 49.7 Å². The summed E-state index contributed by atoms with van der Waals surface area (Å²) in [4.78, 5) is 68.7. The molecule has 0 bridgehead atoms. The second-order valence-electron chi connectivity index (χ2n) is 12.4. The fraction of sp³-hybridized carbons (Fsp3) is 0.424. The number of likely N-dealkylation sites (tertiary alicyclic amines) is 1. The maximum atomic E-state index is 13.6. The van der Waals surface area contributed by atoms with Gasteiger partial charge in [-0.1, -0.05) is 53.5 Å². The third kappa shape index (κ3) is 7.82. The zero-order valence-corrected chi connectivity index (χ0v) is 27.9. The van der Waals surface area contributed by atoms with E-state index in [1.165, 1.54) is 10.8 Å². The molecule has 47 heavy (non-hydrogen) atoms. The number of carbonyl (C=O) groups excluding carboxylic acids is 3. The van der Waals surface area contributed by atoms with E-state index in [1.54, 1.807) is 36.9 Å². The largest absolute Gasteiger partial charge is 0.444 e. The van der Waals surface area contributed by atoms with E-state index in [1.807, 2.05) is 29.2 Å². The van der Waals surface area contributed by atoms with Gasteiger partial charge < -0.3 is 25.6 Å². The number of para-hydroxylation sites is 1. The van der Waals surface area contributed by atoms with Crippen molar-refractivity contribution in [2.24, 2.45) is 5.73 Å². The van der Waals surface area contributed by atoms with Gasteiger partial charge in [0.15, 0.2) is 0 Å². The first-order chi connectivity index (χ1) is 22.3. The predicted molar refractivity (Wildman–Crippen MR) is 180 cm³/mol. The zero-order chi connectivity index (χ0) is 33.9. The quantitative estimate of drug-likeness (QED) is 0.333. The Morgan fingerprint density at radius 1 is 1.00 bits per heavy atom. The van der Waals surface area contributed by atoms with Crippen LogP contribution in [0, 0.1) is 0 Å². The molecule has 0 atom stereocenters. The number of piperidine rings is 1. The normalized spacial score (nSPS) is 15.5. The maximum Gasteiger partial charge on any atom is 0.405 e. The maximum absolute atomic E-state index is 13.6. The Balaban J connectivity index is 1.33. The van der Waals surface area contributed by atoms with Crippen molar-refractivity contribution in [2.45, 2.75) is 70.7 Å². The number of carbonyl (C=O) groups is 3. The monoisotopic (exact) mass is 684 g/mol. The second-order valence-corrected chi connectivity index (χ2v) is 13.2. The average molecular weight is 686 g/mol. The highest BCUT2D eigenvalue weighted by atomic mass is 35.5. The molecule has 2 aromatic carbocycles. The van der Waals surface area contributed by atoms with Gasteiger partial charge in [-0.2, -0.15) is 0 Å². The van der Waals surface area contributed by atoms with Crippen molar-refractivity contribution < 1.29 is 19.1 Å². The number of ether oxygens (including phenoxy) is 1. The molecule has 0 saturated carbocycles. The molecule has 0 radical (unpaired) electrons. The van der Waals surface area contributed by atoms with Gasteiger partial charge in [0.25, 0.3) is 5.56 Å². The summed E-state index contributed by atoms with van der Waals surface area (Å²) in [7, 11) is 0. The van der Waals surface area contributed by atoms with Crippen LogP contribution in [0.2, 0.25) is 10.0 Å². The molecule has 3 N–H and O–H groups in total. The van der Waals surface area contributed by atoms with Gasteiger partial charge in [-0.05, 0) is 63.6 Å². The van der Waals surface area contributed by atoms with Crippen molar-refractivity contribution in [3.8, 4) is 11.1 Å². The van der Waals surface area contributed by atoms with Crippen LogP contribution in [0.4, 0.5) is 15.3 Å². The fourth-order valence-electron chi connectivity index (χ4n) is 6.26. The summed E-state index contributed by atoms with van der Waals surface area (Å²) in [5, 5.41) is 3.39. The Labute approximate surface area is 282 Å². The van der Waals surface area contributed by atoms with E-state index >= 15 is 0 Å². The Hall–Kier alpha value is -4.29. The molecule has 2 aliphatic heterocycles. The molecular formula is C33H38Cl2N6O6. The smallest absolute Gasteiger partial charge is 0.405 e. The lowest BCUT2D eigenvalue weighted by atomic mass is 10.0. The van der Waals surface area contributed by atoms with Crippen molar-refractivity contribution in [1.82, 2.24) is 18.9 Å². The van der Waals surface area contributed by atoms with Gasteiger partial charge in [0.2, 0.25) is 5.91 Å². The molecule has 0 spiro atoms. The van der Waals surface area contributed by atoms with Gasteiger partial charge in [-0.15, -0.1) is 0 Å². The molecule has 0 aliphatic carbocycles. The molecule has 1 aromatic heterocycles. The summed E-state index contributed by atoms with van der Waals surface area (Å²) in [6.45, 7) is 4.47. The lowest BCUT2D eigenvalue weighted by Gasteiger charge is -2.38. The third-order valence-corrected chi connectivity index (χ3v) is 9.54. The van der Waals surface area contributed by atoms with Crippen LogP contribution >= 0.6 is 23.2 Å². The van der Waals surface area contributed by atoms with E-state index < -0.39 is 22.9 Å². The standard InChI is InChI=1S/C33H38Cl2N6O6/c1-33(2,47-30(36)44)14-6-15-41-29(43)24(23-8-5-9-25(34)28(23)35)19-39(32(41)46)20-27(42)38-16-12-22(13-17-38)40-18-11-21-7-3-4-10-26(21)37-31(40)45/h3-5,7-10,19,22H,6,11-18,20H2,1-2H3,(H2,36,44)(H,37,45). The van der Waals surface area contributed by atoms with Crippen LogP contribution in [-0.2, 0) is 29.0 Å². The minimum Gasteiger partial charge on any atom is -0.444 e. The summed E-state index contributed by atoms with van der Waals surface area (Å²) in [5.74, 6) is -0.289. The lowest BCUT2D eigenvalue weighted by Crippen LogP contribution is -2.51. The van der Waals surface area contributed by atoms with E-state index in [9.17, 15) is 24.0 Å². The molecule has 3 heterocycles. The van der Waals surface area contributed by atoms with Crippen molar-refractivity contribution in [3.05, 3.63) is 85.1 Å². The molecule has 12 nitrogen and oxygen atoms in total. The lowest BCUT2D eigenvalue weighted by molar-refractivity contribution is -0.133. The minimum atomic E-state index is -0.921. The number of nitrogens with zero attached hydrogens (tertiary/aromatic N) is 4. The average Bonchev–Trinajstić information content (AvgIpc) is 3.19.